The number of methoxy groups -OCH3 is 1. The monoisotopic (exact) mass is 544 g/mol. The van der Waals surface area contributed by atoms with E-state index in [-0.39, 0.29) is 22.8 Å². The van der Waals surface area contributed by atoms with Crippen LogP contribution in [0.25, 0.3) is 5.76 Å². The fraction of sp³-hybridized carbons (Fsp3) is 0.312. The first-order chi connectivity index (χ1) is 19.3. The first-order valence-electron chi connectivity index (χ1n) is 13.4. The molecule has 1 saturated heterocycles. The lowest BCUT2D eigenvalue weighted by Gasteiger charge is -2.28. The molecular formula is C32H36N2O6. The Morgan fingerprint density at radius 3 is 2.38 bits per heavy atom. The lowest BCUT2D eigenvalue weighted by Crippen LogP contribution is -2.38. The zero-order valence-electron chi connectivity index (χ0n) is 23.4. The summed E-state index contributed by atoms with van der Waals surface area (Å²) in [6.07, 6.45) is 0. The van der Waals surface area contributed by atoms with Crippen LogP contribution in [0.3, 0.4) is 0 Å². The third kappa shape index (κ3) is 5.97. The fourth-order valence-corrected chi connectivity index (χ4v) is 4.99. The number of aliphatic hydroxyl groups excluding tert-OH is 1. The van der Waals surface area contributed by atoms with Crippen molar-refractivity contribution in [2.24, 2.45) is 0 Å². The largest absolute Gasteiger partial charge is 0.507 e. The van der Waals surface area contributed by atoms with Gasteiger partial charge in [-0.1, -0.05) is 50.2 Å². The molecule has 1 amide bonds. The summed E-state index contributed by atoms with van der Waals surface area (Å²) >= 11 is 0. The molecule has 3 aromatic rings. The molecule has 210 valence electrons. The SMILES string of the molecule is CCN(CC)CCN1C(=O)C(=O)C(=C(O)c2ccc(OCc3ccccc3)cc2C)[C@H]1c1ccc(O)c(OC)c1. The normalized spacial score (nSPS) is 16.5. The van der Waals surface area contributed by atoms with Gasteiger partial charge in [0, 0.05) is 18.7 Å². The van der Waals surface area contributed by atoms with Gasteiger partial charge in [-0.15, -0.1) is 0 Å². The standard InChI is InChI=1S/C32H36N2O6/c1-5-33(6-2)16-17-34-29(23-12-15-26(35)27(19-23)39-4)28(31(37)32(34)38)30(36)25-14-13-24(18-21(25)3)40-20-22-10-8-7-9-11-22/h7-15,18-19,29,35-36H,5-6,16-17,20H2,1-4H3/t29-/m1/s1. The molecule has 4 rings (SSSR count). The van der Waals surface area contributed by atoms with E-state index in [0.717, 1.165) is 18.7 Å². The summed E-state index contributed by atoms with van der Waals surface area (Å²) in [6.45, 7) is 8.75. The topological polar surface area (TPSA) is 99.5 Å². The molecule has 1 atom stereocenters. The van der Waals surface area contributed by atoms with Crippen molar-refractivity contribution in [1.82, 2.24) is 9.80 Å². The van der Waals surface area contributed by atoms with Crippen LogP contribution in [0.15, 0.2) is 72.3 Å². The number of carbonyl (C=O) groups excluding carboxylic acids is 2. The van der Waals surface area contributed by atoms with Gasteiger partial charge in [-0.05, 0) is 67.0 Å². The molecular weight excluding hydrogens is 508 g/mol. The quantitative estimate of drug-likeness (QED) is 0.198. The molecule has 0 aromatic heterocycles. The van der Waals surface area contributed by atoms with Crippen LogP contribution in [0.2, 0.25) is 0 Å². The number of phenols is 1. The van der Waals surface area contributed by atoms with E-state index in [2.05, 4.69) is 4.90 Å². The minimum atomic E-state index is -0.849. The summed E-state index contributed by atoms with van der Waals surface area (Å²) in [5.41, 5.74) is 2.71. The van der Waals surface area contributed by atoms with Crippen molar-refractivity contribution < 1.29 is 29.3 Å². The number of carbonyl (C=O) groups is 2. The smallest absolute Gasteiger partial charge is 0.295 e. The maximum atomic E-state index is 13.4. The number of ketones is 1. The molecule has 1 aliphatic rings. The van der Waals surface area contributed by atoms with E-state index in [4.69, 9.17) is 9.47 Å². The average Bonchev–Trinajstić information content (AvgIpc) is 3.22. The molecule has 0 bridgehead atoms. The first-order valence-corrected chi connectivity index (χ1v) is 13.4. The highest BCUT2D eigenvalue weighted by molar-refractivity contribution is 6.46. The molecule has 8 nitrogen and oxygen atoms in total. The van der Waals surface area contributed by atoms with Crippen molar-refractivity contribution in [1.29, 1.82) is 0 Å². The lowest BCUT2D eigenvalue weighted by molar-refractivity contribution is -0.140. The van der Waals surface area contributed by atoms with Gasteiger partial charge < -0.3 is 29.5 Å². The number of Topliss-reactive ketones (excluding diaryl/α,β-unsaturated/α-hetero) is 1. The van der Waals surface area contributed by atoms with E-state index in [9.17, 15) is 19.8 Å². The first kappa shape index (κ1) is 28.7. The van der Waals surface area contributed by atoms with Crippen LogP contribution in [0.5, 0.6) is 17.2 Å². The second-order valence-electron chi connectivity index (χ2n) is 9.70. The predicted octanol–water partition coefficient (Wildman–Crippen LogP) is 5.05. The number of aryl methyl sites for hydroxylation is 1. The molecule has 40 heavy (non-hydrogen) atoms. The highest BCUT2D eigenvalue weighted by atomic mass is 16.5. The Balaban J connectivity index is 1.73. The molecule has 2 N–H and O–H groups in total. The Kier molecular flexibility index (Phi) is 9.11. The zero-order chi connectivity index (χ0) is 28.8. The zero-order valence-corrected chi connectivity index (χ0v) is 23.4. The number of ether oxygens (including phenoxy) is 2. The van der Waals surface area contributed by atoms with Crippen LogP contribution < -0.4 is 9.47 Å². The molecule has 1 aliphatic heterocycles. The summed E-state index contributed by atoms with van der Waals surface area (Å²) < 4.78 is 11.2. The third-order valence-electron chi connectivity index (χ3n) is 7.31. The number of nitrogens with zero attached hydrogens (tertiary/aromatic N) is 2. The molecule has 1 heterocycles. The van der Waals surface area contributed by atoms with Gasteiger partial charge in [-0.3, -0.25) is 9.59 Å². The molecule has 1 fully saturated rings. The molecule has 3 aromatic carbocycles. The van der Waals surface area contributed by atoms with Crippen molar-refractivity contribution in [3.63, 3.8) is 0 Å². The predicted molar refractivity (Wildman–Crippen MR) is 153 cm³/mol. The number of benzene rings is 3. The van der Waals surface area contributed by atoms with Gasteiger partial charge in [-0.25, -0.2) is 0 Å². The molecule has 0 spiro atoms. The lowest BCUT2D eigenvalue weighted by atomic mass is 9.93. The molecule has 0 saturated carbocycles. The average molecular weight is 545 g/mol. The molecule has 0 radical (unpaired) electrons. The van der Waals surface area contributed by atoms with Crippen molar-refractivity contribution in [3.05, 3.63) is 94.6 Å². The van der Waals surface area contributed by atoms with Gasteiger partial charge in [0.1, 0.15) is 18.1 Å². The summed E-state index contributed by atoms with van der Waals surface area (Å²) in [6, 6.07) is 18.9. The van der Waals surface area contributed by atoms with Crippen molar-refractivity contribution in [3.8, 4) is 17.2 Å². The van der Waals surface area contributed by atoms with Gasteiger partial charge in [-0.2, -0.15) is 0 Å². The van der Waals surface area contributed by atoms with Gasteiger partial charge >= 0.3 is 0 Å². The van der Waals surface area contributed by atoms with Crippen LogP contribution in [-0.2, 0) is 16.2 Å². The van der Waals surface area contributed by atoms with Gasteiger partial charge in [0.25, 0.3) is 11.7 Å². The van der Waals surface area contributed by atoms with Crippen LogP contribution in [-0.4, -0.2) is 65.0 Å². The number of hydrogen-bond donors (Lipinski definition) is 2. The van der Waals surface area contributed by atoms with Gasteiger partial charge in [0.05, 0.1) is 18.7 Å². The van der Waals surface area contributed by atoms with Crippen LogP contribution >= 0.6 is 0 Å². The minimum absolute atomic E-state index is 0.00153. The highest BCUT2D eigenvalue weighted by Crippen LogP contribution is 2.42. The number of phenolic OH excluding ortho intramolecular Hbond substituents is 1. The number of hydrogen-bond acceptors (Lipinski definition) is 7. The summed E-state index contributed by atoms with van der Waals surface area (Å²) in [5.74, 6) is -0.912. The van der Waals surface area contributed by atoms with E-state index < -0.39 is 17.7 Å². The van der Waals surface area contributed by atoms with E-state index in [0.29, 0.717) is 42.1 Å². The van der Waals surface area contributed by atoms with Gasteiger partial charge in [0.15, 0.2) is 11.5 Å². The number of aliphatic hydroxyl groups is 1. The Morgan fingerprint density at radius 1 is 1.00 bits per heavy atom. The second-order valence-corrected chi connectivity index (χ2v) is 9.70. The number of amides is 1. The summed E-state index contributed by atoms with van der Waals surface area (Å²) in [5, 5.41) is 21.7. The Hall–Kier alpha value is -4.30. The van der Waals surface area contributed by atoms with Gasteiger partial charge in [0.2, 0.25) is 0 Å². The number of likely N-dealkylation sites (N-methyl/N-ethyl adjacent to an activating group) is 1. The minimum Gasteiger partial charge on any atom is -0.507 e. The van der Waals surface area contributed by atoms with Crippen molar-refractivity contribution >= 4 is 17.4 Å². The number of likely N-dealkylation sites (tertiary alicyclic amines) is 1. The summed E-state index contributed by atoms with van der Waals surface area (Å²) in [4.78, 5) is 30.4. The molecule has 0 aliphatic carbocycles. The number of aromatic hydroxyl groups is 1. The van der Waals surface area contributed by atoms with Crippen molar-refractivity contribution in [2.45, 2.75) is 33.4 Å². The third-order valence-corrected chi connectivity index (χ3v) is 7.31. The Bertz CT molecular complexity index is 1400. The van der Waals surface area contributed by atoms with E-state index in [1.807, 2.05) is 51.1 Å². The maximum Gasteiger partial charge on any atom is 0.295 e. The molecule has 0 unspecified atom stereocenters. The van der Waals surface area contributed by atoms with Crippen LogP contribution in [0, 0.1) is 6.92 Å². The van der Waals surface area contributed by atoms with E-state index in [1.54, 1.807) is 30.3 Å². The van der Waals surface area contributed by atoms with E-state index >= 15 is 0 Å². The molecule has 8 heteroatoms. The van der Waals surface area contributed by atoms with Crippen molar-refractivity contribution in [2.75, 3.05) is 33.3 Å². The highest BCUT2D eigenvalue weighted by Gasteiger charge is 2.46. The van der Waals surface area contributed by atoms with E-state index in [1.165, 1.54) is 18.1 Å². The van der Waals surface area contributed by atoms with Crippen LogP contribution in [0.4, 0.5) is 0 Å². The maximum absolute atomic E-state index is 13.4. The second kappa shape index (κ2) is 12.7. The van der Waals surface area contributed by atoms with Crippen LogP contribution in [0.1, 0.15) is 42.1 Å². The number of rotatable bonds is 11. The Morgan fingerprint density at radius 2 is 1.73 bits per heavy atom. The summed E-state index contributed by atoms with van der Waals surface area (Å²) in [7, 11) is 1.43. The fourth-order valence-electron chi connectivity index (χ4n) is 4.99. The Labute approximate surface area is 235 Å².